The second kappa shape index (κ2) is 6.18. The molecule has 0 aromatic rings. The molecular formula is C11H21NO4. The molecule has 1 unspecified atom stereocenters. The summed E-state index contributed by atoms with van der Waals surface area (Å²) < 4.78 is 5.35. The summed E-state index contributed by atoms with van der Waals surface area (Å²) >= 11 is 0. The largest absolute Gasteiger partial charge is 0.394 e. The molecule has 0 spiro atoms. The van der Waals surface area contributed by atoms with Crippen LogP contribution in [0.3, 0.4) is 0 Å². The molecular weight excluding hydrogens is 210 g/mol. The maximum absolute atomic E-state index is 11.7. The zero-order chi connectivity index (χ0) is 12.0. The first-order valence-corrected chi connectivity index (χ1v) is 5.80. The first kappa shape index (κ1) is 13.4. The number of carbonyl (C=O) groups is 1. The van der Waals surface area contributed by atoms with Crippen molar-refractivity contribution in [2.24, 2.45) is 0 Å². The van der Waals surface area contributed by atoms with Crippen molar-refractivity contribution in [1.82, 2.24) is 5.32 Å². The van der Waals surface area contributed by atoms with Crippen LogP contribution in [-0.4, -0.2) is 47.6 Å². The maximum atomic E-state index is 11.7. The van der Waals surface area contributed by atoms with Crippen LogP contribution in [0.4, 0.5) is 0 Å². The number of aliphatic hydroxyl groups is 2. The van der Waals surface area contributed by atoms with Crippen LogP contribution in [0.1, 0.15) is 32.6 Å². The summed E-state index contributed by atoms with van der Waals surface area (Å²) in [5, 5.41) is 21.0. The Morgan fingerprint density at radius 1 is 1.50 bits per heavy atom. The van der Waals surface area contributed by atoms with E-state index in [1.807, 2.05) is 6.92 Å². The fourth-order valence-electron chi connectivity index (χ4n) is 1.80. The van der Waals surface area contributed by atoms with Gasteiger partial charge in [0, 0.05) is 6.61 Å². The van der Waals surface area contributed by atoms with Gasteiger partial charge in [-0.25, -0.2) is 0 Å². The maximum Gasteiger partial charge on any atom is 0.223 e. The third-order valence-electron chi connectivity index (χ3n) is 3.12. The SMILES string of the molecule is CCC(CO)(CO)NC(=O)CC1CCCO1. The number of ether oxygens (including phenoxy) is 1. The van der Waals surface area contributed by atoms with Crippen LogP contribution in [-0.2, 0) is 9.53 Å². The Labute approximate surface area is 95.8 Å². The first-order valence-electron chi connectivity index (χ1n) is 5.80. The molecule has 1 aliphatic heterocycles. The molecule has 0 bridgehead atoms. The molecule has 1 fully saturated rings. The summed E-state index contributed by atoms with van der Waals surface area (Å²) in [5.74, 6) is -0.170. The average molecular weight is 231 g/mol. The fraction of sp³-hybridized carbons (Fsp3) is 0.909. The zero-order valence-corrected chi connectivity index (χ0v) is 9.74. The smallest absolute Gasteiger partial charge is 0.223 e. The van der Waals surface area contributed by atoms with Crippen LogP contribution in [0.5, 0.6) is 0 Å². The van der Waals surface area contributed by atoms with E-state index in [1.165, 1.54) is 0 Å². The summed E-state index contributed by atoms with van der Waals surface area (Å²) in [6, 6.07) is 0. The Kier molecular flexibility index (Phi) is 5.18. The van der Waals surface area contributed by atoms with Gasteiger partial charge in [0.25, 0.3) is 0 Å². The van der Waals surface area contributed by atoms with Gasteiger partial charge in [-0.1, -0.05) is 6.92 Å². The minimum absolute atomic E-state index is 0.00746. The van der Waals surface area contributed by atoms with Gasteiger partial charge < -0.3 is 20.3 Å². The molecule has 1 rings (SSSR count). The lowest BCUT2D eigenvalue weighted by molar-refractivity contribution is -0.126. The standard InChI is InChI=1S/C11H21NO4/c1-2-11(7-13,8-14)12-10(15)6-9-4-3-5-16-9/h9,13-14H,2-8H2,1H3,(H,12,15). The molecule has 1 heterocycles. The van der Waals surface area contributed by atoms with Gasteiger partial charge >= 0.3 is 0 Å². The number of hydrogen-bond donors (Lipinski definition) is 3. The molecule has 0 aromatic carbocycles. The highest BCUT2D eigenvalue weighted by molar-refractivity contribution is 5.77. The molecule has 1 amide bonds. The van der Waals surface area contributed by atoms with Gasteiger partial charge in [-0.15, -0.1) is 0 Å². The van der Waals surface area contributed by atoms with Crippen LogP contribution in [0, 0.1) is 0 Å². The highest BCUT2D eigenvalue weighted by atomic mass is 16.5. The van der Waals surface area contributed by atoms with Crippen molar-refractivity contribution >= 4 is 5.91 Å². The lowest BCUT2D eigenvalue weighted by atomic mass is 9.98. The molecule has 0 aromatic heterocycles. The predicted molar refractivity (Wildman–Crippen MR) is 58.9 cm³/mol. The molecule has 1 aliphatic rings. The monoisotopic (exact) mass is 231 g/mol. The van der Waals surface area contributed by atoms with E-state index in [9.17, 15) is 15.0 Å². The Morgan fingerprint density at radius 3 is 2.62 bits per heavy atom. The molecule has 1 atom stereocenters. The minimum Gasteiger partial charge on any atom is -0.394 e. The highest BCUT2D eigenvalue weighted by Gasteiger charge is 2.29. The quantitative estimate of drug-likeness (QED) is 0.592. The van der Waals surface area contributed by atoms with Gasteiger partial charge in [0.15, 0.2) is 0 Å². The summed E-state index contributed by atoms with van der Waals surface area (Å²) in [5.41, 5.74) is -0.893. The zero-order valence-electron chi connectivity index (χ0n) is 9.74. The Balaban J connectivity index is 2.41. The molecule has 0 aliphatic carbocycles. The summed E-state index contributed by atoms with van der Waals surface area (Å²) in [6.45, 7) is 2.03. The van der Waals surface area contributed by atoms with Gasteiger partial charge in [-0.2, -0.15) is 0 Å². The van der Waals surface area contributed by atoms with Crippen molar-refractivity contribution in [3.63, 3.8) is 0 Å². The van der Waals surface area contributed by atoms with E-state index in [0.717, 1.165) is 19.4 Å². The molecule has 0 saturated carbocycles. The van der Waals surface area contributed by atoms with Gasteiger partial charge in [-0.3, -0.25) is 4.79 Å². The number of amides is 1. The van der Waals surface area contributed by atoms with Crippen LogP contribution >= 0.6 is 0 Å². The van der Waals surface area contributed by atoms with Crippen molar-refractivity contribution in [3.8, 4) is 0 Å². The van der Waals surface area contributed by atoms with Gasteiger partial charge in [0.2, 0.25) is 5.91 Å². The number of nitrogens with one attached hydrogen (secondary N) is 1. The second-order valence-corrected chi connectivity index (χ2v) is 4.34. The van der Waals surface area contributed by atoms with Crippen LogP contribution in [0.25, 0.3) is 0 Å². The Bertz CT molecular complexity index is 214. The Morgan fingerprint density at radius 2 is 2.19 bits per heavy atom. The second-order valence-electron chi connectivity index (χ2n) is 4.34. The van der Waals surface area contributed by atoms with Crippen LogP contribution in [0.2, 0.25) is 0 Å². The molecule has 16 heavy (non-hydrogen) atoms. The number of rotatable bonds is 6. The summed E-state index contributed by atoms with van der Waals surface area (Å²) in [4.78, 5) is 11.7. The van der Waals surface area contributed by atoms with Crippen molar-refractivity contribution in [2.75, 3.05) is 19.8 Å². The lowest BCUT2D eigenvalue weighted by Gasteiger charge is -2.30. The van der Waals surface area contributed by atoms with Crippen molar-refractivity contribution < 1.29 is 19.7 Å². The topological polar surface area (TPSA) is 78.8 Å². The normalized spacial score (nSPS) is 21.1. The Hall–Kier alpha value is -0.650. The first-order chi connectivity index (χ1) is 7.65. The predicted octanol–water partition coefficient (Wildman–Crippen LogP) is -0.195. The molecule has 1 saturated heterocycles. The number of carbonyl (C=O) groups excluding carboxylic acids is 1. The molecule has 5 nitrogen and oxygen atoms in total. The molecule has 3 N–H and O–H groups in total. The van der Waals surface area contributed by atoms with E-state index in [4.69, 9.17) is 4.74 Å². The molecule has 5 heteroatoms. The van der Waals surface area contributed by atoms with E-state index < -0.39 is 5.54 Å². The molecule has 0 radical (unpaired) electrons. The van der Waals surface area contributed by atoms with Gasteiger partial charge in [-0.05, 0) is 19.3 Å². The average Bonchev–Trinajstić information content (AvgIpc) is 2.79. The summed E-state index contributed by atoms with van der Waals surface area (Å²) in [7, 11) is 0. The van der Waals surface area contributed by atoms with E-state index in [2.05, 4.69) is 5.32 Å². The third kappa shape index (κ3) is 3.43. The van der Waals surface area contributed by atoms with E-state index >= 15 is 0 Å². The number of aliphatic hydroxyl groups excluding tert-OH is 2. The summed E-state index contributed by atoms with van der Waals surface area (Å²) in [6.07, 6.45) is 2.70. The van der Waals surface area contributed by atoms with Gasteiger partial charge in [0.05, 0.1) is 31.3 Å². The minimum atomic E-state index is -0.893. The lowest BCUT2D eigenvalue weighted by Crippen LogP contribution is -2.54. The van der Waals surface area contributed by atoms with Crippen LogP contribution in [0.15, 0.2) is 0 Å². The van der Waals surface area contributed by atoms with Crippen LogP contribution < -0.4 is 5.32 Å². The van der Waals surface area contributed by atoms with E-state index in [-0.39, 0.29) is 25.2 Å². The van der Waals surface area contributed by atoms with Crippen molar-refractivity contribution in [1.29, 1.82) is 0 Å². The fourth-order valence-corrected chi connectivity index (χ4v) is 1.80. The van der Waals surface area contributed by atoms with Gasteiger partial charge in [0.1, 0.15) is 0 Å². The number of hydrogen-bond acceptors (Lipinski definition) is 4. The van der Waals surface area contributed by atoms with E-state index in [0.29, 0.717) is 12.8 Å². The third-order valence-corrected chi connectivity index (χ3v) is 3.12. The highest BCUT2D eigenvalue weighted by Crippen LogP contribution is 2.16. The van der Waals surface area contributed by atoms with Crippen molar-refractivity contribution in [3.05, 3.63) is 0 Å². The van der Waals surface area contributed by atoms with Crippen molar-refractivity contribution in [2.45, 2.75) is 44.2 Å². The van der Waals surface area contributed by atoms with E-state index in [1.54, 1.807) is 0 Å². The molecule has 94 valence electrons.